The Morgan fingerprint density at radius 3 is 2.73 bits per heavy atom. The van der Waals surface area contributed by atoms with Crippen molar-refractivity contribution < 1.29 is 0 Å². The minimum Gasteiger partial charge on any atom is -0.384 e. The molecule has 0 aliphatic rings. The third-order valence-corrected chi connectivity index (χ3v) is 2.78. The van der Waals surface area contributed by atoms with Gasteiger partial charge in [0.05, 0.1) is 5.69 Å². The Labute approximate surface area is 93.0 Å². The first-order valence-electron chi connectivity index (χ1n) is 4.84. The minimum absolute atomic E-state index is 0.297. The first kappa shape index (κ1) is 10.1. The highest BCUT2D eigenvalue weighted by Crippen LogP contribution is 2.23. The topological polar surface area (TPSA) is 51.8 Å². The van der Waals surface area contributed by atoms with Crippen LogP contribution in [0.1, 0.15) is 25.6 Å². The summed E-state index contributed by atoms with van der Waals surface area (Å²) in [5.74, 6) is 1.64. The van der Waals surface area contributed by atoms with Gasteiger partial charge in [0.2, 0.25) is 0 Å². The Kier molecular flexibility index (Phi) is 2.68. The first-order chi connectivity index (χ1) is 7.16. The van der Waals surface area contributed by atoms with E-state index in [1.807, 2.05) is 17.5 Å². The molecular formula is C11H13N3S. The molecule has 2 N–H and O–H groups in total. The molecule has 3 nitrogen and oxygen atoms in total. The smallest absolute Gasteiger partial charge is 0.133 e. The van der Waals surface area contributed by atoms with Crippen LogP contribution >= 0.6 is 11.3 Å². The molecule has 0 amide bonds. The summed E-state index contributed by atoms with van der Waals surface area (Å²) in [4.78, 5) is 8.70. The second-order valence-corrected chi connectivity index (χ2v) is 4.48. The minimum atomic E-state index is 0.297. The molecule has 0 aliphatic heterocycles. The lowest BCUT2D eigenvalue weighted by molar-refractivity contribution is 0.779. The number of thiophene rings is 1. The molecule has 0 atom stereocenters. The average molecular weight is 219 g/mol. The van der Waals surface area contributed by atoms with Crippen LogP contribution in [0, 0.1) is 0 Å². The van der Waals surface area contributed by atoms with Crippen LogP contribution in [0.4, 0.5) is 5.82 Å². The zero-order valence-electron chi connectivity index (χ0n) is 8.77. The zero-order chi connectivity index (χ0) is 10.8. The van der Waals surface area contributed by atoms with E-state index in [0.717, 1.165) is 17.1 Å². The molecule has 0 unspecified atom stereocenters. The van der Waals surface area contributed by atoms with E-state index in [1.165, 1.54) is 0 Å². The van der Waals surface area contributed by atoms with Gasteiger partial charge in [0.1, 0.15) is 11.6 Å². The highest BCUT2D eigenvalue weighted by Gasteiger charge is 2.08. The monoisotopic (exact) mass is 219 g/mol. The van der Waals surface area contributed by atoms with Crippen LogP contribution in [0.5, 0.6) is 0 Å². The van der Waals surface area contributed by atoms with Gasteiger partial charge >= 0.3 is 0 Å². The molecule has 4 heteroatoms. The van der Waals surface area contributed by atoms with Gasteiger partial charge in [-0.05, 0) is 11.4 Å². The van der Waals surface area contributed by atoms with Crippen LogP contribution in [-0.2, 0) is 0 Å². The Morgan fingerprint density at radius 2 is 2.13 bits per heavy atom. The number of rotatable bonds is 2. The normalized spacial score (nSPS) is 10.9. The van der Waals surface area contributed by atoms with Crippen LogP contribution in [0.15, 0.2) is 22.9 Å². The van der Waals surface area contributed by atoms with Gasteiger partial charge in [0.25, 0.3) is 0 Å². The second kappa shape index (κ2) is 3.98. The number of hydrogen-bond donors (Lipinski definition) is 1. The lowest BCUT2D eigenvalue weighted by atomic mass is 10.2. The Morgan fingerprint density at radius 1 is 1.33 bits per heavy atom. The fourth-order valence-electron chi connectivity index (χ4n) is 1.30. The molecule has 0 aliphatic carbocycles. The van der Waals surface area contributed by atoms with E-state index in [2.05, 4.69) is 29.2 Å². The molecule has 0 aromatic carbocycles. The molecule has 2 aromatic rings. The SMILES string of the molecule is CC(C)c1nc(N)cc(-c2ccsc2)n1. The number of nitrogens with two attached hydrogens (primary N) is 1. The molecule has 0 fully saturated rings. The van der Waals surface area contributed by atoms with Gasteiger partial charge in [0.15, 0.2) is 0 Å². The van der Waals surface area contributed by atoms with E-state index >= 15 is 0 Å². The predicted octanol–water partition coefficient (Wildman–Crippen LogP) is 2.91. The molecule has 0 saturated carbocycles. The summed E-state index contributed by atoms with van der Waals surface area (Å²) < 4.78 is 0. The van der Waals surface area contributed by atoms with E-state index in [-0.39, 0.29) is 0 Å². The van der Waals surface area contributed by atoms with Crippen molar-refractivity contribution >= 4 is 17.2 Å². The van der Waals surface area contributed by atoms with Crippen molar-refractivity contribution in [1.29, 1.82) is 0 Å². The number of nitrogens with zero attached hydrogens (tertiary/aromatic N) is 2. The van der Waals surface area contributed by atoms with Crippen molar-refractivity contribution in [3.8, 4) is 11.3 Å². The Balaban J connectivity index is 2.49. The van der Waals surface area contributed by atoms with E-state index in [0.29, 0.717) is 11.7 Å². The fourth-order valence-corrected chi connectivity index (χ4v) is 1.95. The third kappa shape index (κ3) is 2.15. The van der Waals surface area contributed by atoms with Crippen molar-refractivity contribution in [2.75, 3.05) is 5.73 Å². The van der Waals surface area contributed by atoms with Gasteiger partial charge < -0.3 is 5.73 Å². The van der Waals surface area contributed by atoms with Crippen molar-refractivity contribution in [2.24, 2.45) is 0 Å². The number of nitrogen functional groups attached to an aromatic ring is 1. The van der Waals surface area contributed by atoms with E-state index in [9.17, 15) is 0 Å². The maximum absolute atomic E-state index is 5.76. The van der Waals surface area contributed by atoms with Crippen molar-refractivity contribution in [3.05, 3.63) is 28.7 Å². The molecular weight excluding hydrogens is 206 g/mol. The molecule has 2 heterocycles. The predicted molar refractivity (Wildman–Crippen MR) is 63.8 cm³/mol. The van der Waals surface area contributed by atoms with Crippen molar-refractivity contribution in [2.45, 2.75) is 19.8 Å². The van der Waals surface area contributed by atoms with E-state index in [1.54, 1.807) is 11.3 Å². The molecule has 2 aromatic heterocycles. The maximum Gasteiger partial charge on any atom is 0.133 e. The van der Waals surface area contributed by atoms with Crippen molar-refractivity contribution in [3.63, 3.8) is 0 Å². The quantitative estimate of drug-likeness (QED) is 0.845. The Hall–Kier alpha value is -1.42. The first-order valence-corrected chi connectivity index (χ1v) is 5.78. The third-order valence-electron chi connectivity index (χ3n) is 2.10. The molecule has 0 spiro atoms. The molecule has 15 heavy (non-hydrogen) atoms. The van der Waals surface area contributed by atoms with E-state index < -0.39 is 0 Å². The average Bonchev–Trinajstić information content (AvgIpc) is 2.69. The van der Waals surface area contributed by atoms with Crippen LogP contribution in [0.2, 0.25) is 0 Å². The van der Waals surface area contributed by atoms with Gasteiger partial charge in [-0.15, -0.1) is 0 Å². The summed E-state index contributed by atoms with van der Waals surface area (Å²) in [5.41, 5.74) is 7.77. The van der Waals surface area contributed by atoms with Gasteiger partial charge in [0, 0.05) is 22.9 Å². The summed E-state index contributed by atoms with van der Waals surface area (Å²) in [6.07, 6.45) is 0. The largest absolute Gasteiger partial charge is 0.384 e. The van der Waals surface area contributed by atoms with Crippen LogP contribution < -0.4 is 5.73 Å². The highest BCUT2D eigenvalue weighted by atomic mass is 32.1. The number of aromatic nitrogens is 2. The summed E-state index contributed by atoms with van der Waals surface area (Å²) in [6.45, 7) is 4.12. The molecule has 2 rings (SSSR count). The lowest BCUT2D eigenvalue weighted by Gasteiger charge is -2.06. The molecule has 0 saturated heterocycles. The highest BCUT2D eigenvalue weighted by molar-refractivity contribution is 7.08. The van der Waals surface area contributed by atoms with Crippen LogP contribution in [-0.4, -0.2) is 9.97 Å². The number of anilines is 1. The van der Waals surface area contributed by atoms with Crippen LogP contribution in [0.25, 0.3) is 11.3 Å². The standard InChI is InChI=1S/C11H13N3S/c1-7(2)11-13-9(5-10(12)14-11)8-3-4-15-6-8/h3-7H,1-2H3,(H2,12,13,14). The van der Waals surface area contributed by atoms with Crippen molar-refractivity contribution in [1.82, 2.24) is 9.97 Å². The second-order valence-electron chi connectivity index (χ2n) is 3.70. The van der Waals surface area contributed by atoms with Gasteiger partial charge in [-0.1, -0.05) is 13.8 Å². The van der Waals surface area contributed by atoms with E-state index in [4.69, 9.17) is 5.73 Å². The Bertz CT molecular complexity index is 449. The summed E-state index contributed by atoms with van der Waals surface area (Å²) in [7, 11) is 0. The van der Waals surface area contributed by atoms with Gasteiger partial charge in [-0.3, -0.25) is 0 Å². The van der Waals surface area contributed by atoms with Gasteiger partial charge in [-0.2, -0.15) is 11.3 Å². The maximum atomic E-state index is 5.76. The zero-order valence-corrected chi connectivity index (χ0v) is 9.58. The lowest BCUT2D eigenvalue weighted by Crippen LogP contribution is -2.02. The molecule has 0 bridgehead atoms. The summed E-state index contributed by atoms with van der Waals surface area (Å²) in [6, 6.07) is 3.85. The van der Waals surface area contributed by atoms with Crippen LogP contribution in [0.3, 0.4) is 0 Å². The molecule has 0 radical (unpaired) electrons. The molecule has 78 valence electrons. The summed E-state index contributed by atoms with van der Waals surface area (Å²) in [5, 5.41) is 4.09. The summed E-state index contributed by atoms with van der Waals surface area (Å²) >= 11 is 1.65. The number of hydrogen-bond acceptors (Lipinski definition) is 4. The van der Waals surface area contributed by atoms with Gasteiger partial charge in [-0.25, -0.2) is 9.97 Å². The fraction of sp³-hybridized carbons (Fsp3) is 0.273.